The number of carboxylic acids is 1. The first kappa shape index (κ1) is 11.1. The molecule has 0 amide bonds. The van der Waals surface area contributed by atoms with E-state index in [4.69, 9.17) is 15.5 Å². The number of aliphatic hydroxyl groups excluding tert-OH is 1. The molecule has 0 aromatic heterocycles. The maximum Gasteiger partial charge on any atom is 0.332 e. The van der Waals surface area contributed by atoms with E-state index in [9.17, 15) is 9.18 Å². The van der Waals surface area contributed by atoms with Gasteiger partial charge in [0.15, 0.2) is 6.10 Å². The van der Waals surface area contributed by atoms with E-state index in [1.165, 1.54) is 12.1 Å². The first-order valence-electron chi connectivity index (χ1n) is 4.14. The van der Waals surface area contributed by atoms with Gasteiger partial charge in [-0.2, -0.15) is 5.26 Å². The summed E-state index contributed by atoms with van der Waals surface area (Å²) in [5, 5.41) is 26.0. The van der Waals surface area contributed by atoms with Crippen LogP contribution in [0.2, 0.25) is 0 Å². The molecule has 0 saturated carbocycles. The average Bonchev–Trinajstić information content (AvgIpc) is 2.20. The molecular formula is C10H8FNO3. The summed E-state index contributed by atoms with van der Waals surface area (Å²) < 4.78 is 12.9. The van der Waals surface area contributed by atoms with Gasteiger partial charge in [0.1, 0.15) is 11.9 Å². The van der Waals surface area contributed by atoms with Crippen LogP contribution >= 0.6 is 0 Å². The number of hydrogen-bond acceptors (Lipinski definition) is 3. The van der Waals surface area contributed by atoms with E-state index in [1.807, 2.05) is 0 Å². The topological polar surface area (TPSA) is 81.3 Å². The Bertz CT molecular complexity index is 425. The largest absolute Gasteiger partial charge is 0.479 e. The van der Waals surface area contributed by atoms with E-state index in [-0.39, 0.29) is 12.0 Å². The monoisotopic (exact) mass is 209 g/mol. The lowest BCUT2D eigenvalue weighted by atomic mass is 10.1. The second-order valence-corrected chi connectivity index (χ2v) is 2.98. The standard InChI is InChI=1S/C10H8FNO3/c11-8-2-1-6(3-7(8)5-12)4-9(13)10(14)15/h1-3,9,13H,4H2,(H,14,15). The Kier molecular flexibility index (Phi) is 3.37. The highest BCUT2D eigenvalue weighted by Crippen LogP contribution is 2.11. The van der Waals surface area contributed by atoms with E-state index in [1.54, 1.807) is 6.07 Å². The van der Waals surface area contributed by atoms with Crippen LogP contribution in [-0.4, -0.2) is 22.3 Å². The molecule has 5 heteroatoms. The summed E-state index contributed by atoms with van der Waals surface area (Å²) in [5.41, 5.74) is 0.243. The second-order valence-electron chi connectivity index (χ2n) is 2.98. The average molecular weight is 209 g/mol. The van der Waals surface area contributed by atoms with Crippen LogP contribution in [-0.2, 0) is 11.2 Å². The normalized spacial score (nSPS) is 11.8. The molecule has 0 fully saturated rings. The number of aliphatic hydroxyl groups is 1. The minimum atomic E-state index is -1.54. The summed E-state index contributed by atoms with van der Waals surface area (Å²) in [7, 11) is 0. The van der Waals surface area contributed by atoms with Gasteiger partial charge >= 0.3 is 5.97 Å². The third kappa shape index (κ3) is 2.76. The van der Waals surface area contributed by atoms with Crippen molar-refractivity contribution in [1.82, 2.24) is 0 Å². The van der Waals surface area contributed by atoms with Gasteiger partial charge in [-0.3, -0.25) is 0 Å². The zero-order chi connectivity index (χ0) is 11.4. The van der Waals surface area contributed by atoms with Crippen LogP contribution in [0.1, 0.15) is 11.1 Å². The third-order valence-corrected chi connectivity index (χ3v) is 1.87. The Hall–Kier alpha value is -1.93. The Morgan fingerprint density at radius 1 is 1.60 bits per heavy atom. The van der Waals surface area contributed by atoms with Gasteiger partial charge in [0.25, 0.3) is 0 Å². The molecule has 0 aliphatic carbocycles. The number of halogens is 1. The fraction of sp³-hybridized carbons (Fsp3) is 0.200. The summed E-state index contributed by atoms with van der Waals surface area (Å²) in [6, 6.07) is 5.27. The number of aliphatic carboxylic acids is 1. The Labute approximate surface area is 85.2 Å². The van der Waals surface area contributed by atoms with Crippen LogP contribution < -0.4 is 0 Å². The molecule has 78 valence electrons. The van der Waals surface area contributed by atoms with Gasteiger partial charge < -0.3 is 10.2 Å². The predicted molar refractivity (Wildman–Crippen MR) is 48.5 cm³/mol. The molecule has 1 aromatic rings. The summed E-state index contributed by atoms with van der Waals surface area (Å²) in [5.74, 6) is -2.01. The number of rotatable bonds is 3. The van der Waals surface area contributed by atoms with Gasteiger partial charge in [-0.05, 0) is 17.7 Å². The van der Waals surface area contributed by atoms with Crippen molar-refractivity contribution in [2.24, 2.45) is 0 Å². The molecule has 0 heterocycles. The lowest BCUT2D eigenvalue weighted by molar-refractivity contribution is -0.146. The third-order valence-electron chi connectivity index (χ3n) is 1.87. The molecule has 4 nitrogen and oxygen atoms in total. The molecule has 0 aliphatic heterocycles. The molecule has 0 aliphatic rings. The van der Waals surface area contributed by atoms with Crippen molar-refractivity contribution in [3.63, 3.8) is 0 Å². The molecule has 1 rings (SSSR count). The summed E-state index contributed by atoms with van der Waals surface area (Å²) >= 11 is 0. The first-order valence-corrected chi connectivity index (χ1v) is 4.14. The van der Waals surface area contributed by atoms with Crippen LogP contribution in [0.4, 0.5) is 4.39 Å². The molecule has 0 bridgehead atoms. The smallest absolute Gasteiger partial charge is 0.332 e. The maximum absolute atomic E-state index is 12.9. The molecule has 0 spiro atoms. The Morgan fingerprint density at radius 3 is 2.80 bits per heavy atom. The van der Waals surface area contributed by atoms with Gasteiger partial charge in [-0.25, -0.2) is 9.18 Å². The number of nitrogens with zero attached hydrogens (tertiary/aromatic N) is 1. The fourth-order valence-electron chi connectivity index (χ4n) is 1.10. The quantitative estimate of drug-likeness (QED) is 0.767. The van der Waals surface area contributed by atoms with Crippen molar-refractivity contribution in [1.29, 1.82) is 5.26 Å². The van der Waals surface area contributed by atoms with Crippen LogP contribution in [0, 0.1) is 17.1 Å². The van der Waals surface area contributed by atoms with Crippen LogP contribution in [0.5, 0.6) is 0 Å². The molecule has 1 aromatic carbocycles. The van der Waals surface area contributed by atoms with Gasteiger partial charge in [-0.15, -0.1) is 0 Å². The molecule has 1 unspecified atom stereocenters. The van der Waals surface area contributed by atoms with Crippen molar-refractivity contribution in [3.05, 3.63) is 35.1 Å². The van der Waals surface area contributed by atoms with E-state index in [0.29, 0.717) is 5.56 Å². The van der Waals surface area contributed by atoms with E-state index in [2.05, 4.69) is 0 Å². The van der Waals surface area contributed by atoms with Crippen LogP contribution in [0.25, 0.3) is 0 Å². The van der Waals surface area contributed by atoms with Gasteiger partial charge in [0, 0.05) is 6.42 Å². The summed E-state index contributed by atoms with van der Waals surface area (Å²) in [6.07, 6.45) is -1.69. The Morgan fingerprint density at radius 2 is 2.27 bits per heavy atom. The van der Waals surface area contributed by atoms with Crippen molar-refractivity contribution in [2.45, 2.75) is 12.5 Å². The number of carboxylic acid groups (broad SMARTS) is 1. The van der Waals surface area contributed by atoms with Gasteiger partial charge in [0.2, 0.25) is 0 Å². The van der Waals surface area contributed by atoms with Gasteiger partial charge in [0.05, 0.1) is 5.56 Å². The SMILES string of the molecule is N#Cc1cc(CC(O)C(=O)O)ccc1F. The van der Waals surface area contributed by atoms with Crippen molar-refractivity contribution in [3.8, 4) is 6.07 Å². The van der Waals surface area contributed by atoms with Crippen LogP contribution in [0.3, 0.4) is 0 Å². The zero-order valence-electron chi connectivity index (χ0n) is 7.64. The van der Waals surface area contributed by atoms with Crippen molar-refractivity contribution >= 4 is 5.97 Å². The number of hydrogen-bond donors (Lipinski definition) is 2. The summed E-state index contributed by atoms with van der Waals surface area (Å²) in [6.45, 7) is 0. The minimum Gasteiger partial charge on any atom is -0.479 e. The molecule has 15 heavy (non-hydrogen) atoms. The van der Waals surface area contributed by atoms with Crippen molar-refractivity contribution < 1.29 is 19.4 Å². The highest BCUT2D eigenvalue weighted by Gasteiger charge is 2.14. The van der Waals surface area contributed by atoms with E-state index < -0.39 is 17.9 Å². The molecular weight excluding hydrogens is 201 g/mol. The summed E-state index contributed by atoms with van der Waals surface area (Å²) in [4.78, 5) is 10.3. The number of nitriles is 1. The molecule has 0 saturated heterocycles. The van der Waals surface area contributed by atoms with E-state index >= 15 is 0 Å². The lowest BCUT2D eigenvalue weighted by Crippen LogP contribution is -2.22. The molecule has 0 radical (unpaired) electrons. The minimum absolute atomic E-state index is 0.149. The highest BCUT2D eigenvalue weighted by molar-refractivity contribution is 5.72. The molecule has 2 N–H and O–H groups in total. The number of benzene rings is 1. The predicted octanol–water partition coefficient (Wildman–Crippen LogP) is 0.685. The molecule has 1 atom stereocenters. The second kappa shape index (κ2) is 4.53. The van der Waals surface area contributed by atoms with Gasteiger partial charge in [-0.1, -0.05) is 6.07 Å². The highest BCUT2D eigenvalue weighted by atomic mass is 19.1. The van der Waals surface area contributed by atoms with E-state index in [0.717, 1.165) is 6.07 Å². The number of carbonyl (C=O) groups is 1. The maximum atomic E-state index is 12.9. The Balaban J connectivity index is 2.89. The lowest BCUT2D eigenvalue weighted by Gasteiger charge is -2.05. The first-order chi connectivity index (χ1) is 7.04. The fourth-order valence-corrected chi connectivity index (χ4v) is 1.10. The van der Waals surface area contributed by atoms with Crippen LogP contribution in [0.15, 0.2) is 18.2 Å². The zero-order valence-corrected chi connectivity index (χ0v) is 7.64. The van der Waals surface area contributed by atoms with Crippen molar-refractivity contribution in [2.75, 3.05) is 0 Å².